The summed E-state index contributed by atoms with van der Waals surface area (Å²) in [6.07, 6.45) is 5.44. The molecule has 0 unspecified atom stereocenters. The second-order valence-electron chi connectivity index (χ2n) is 6.64. The van der Waals surface area contributed by atoms with E-state index in [4.69, 9.17) is 4.74 Å². The smallest absolute Gasteiger partial charge is 0.343 e. The lowest BCUT2D eigenvalue weighted by Crippen LogP contribution is -2.34. The molecular formula is C18H23BO3. The maximum atomic E-state index is 12.5. The molecule has 0 amide bonds. The van der Waals surface area contributed by atoms with Crippen molar-refractivity contribution in [1.82, 2.24) is 0 Å². The first-order valence-electron chi connectivity index (χ1n) is 8.26. The molecule has 0 aromatic heterocycles. The van der Waals surface area contributed by atoms with Gasteiger partial charge in [0.05, 0.1) is 0 Å². The molecule has 1 saturated carbocycles. The second-order valence-corrected chi connectivity index (χ2v) is 6.64. The zero-order valence-electron chi connectivity index (χ0n) is 13.7. The van der Waals surface area contributed by atoms with Gasteiger partial charge >= 0.3 is 5.97 Å². The van der Waals surface area contributed by atoms with E-state index in [-0.39, 0.29) is 11.7 Å². The van der Waals surface area contributed by atoms with Crippen LogP contribution in [0.3, 0.4) is 0 Å². The van der Waals surface area contributed by atoms with E-state index in [1.807, 2.05) is 7.85 Å². The van der Waals surface area contributed by atoms with Crippen molar-refractivity contribution in [2.75, 3.05) is 0 Å². The minimum atomic E-state index is -0.757. The summed E-state index contributed by atoms with van der Waals surface area (Å²) in [5.41, 5.74) is 3.82. The summed E-state index contributed by atoms with van der Waals surface area (Å²) < 4.78 is 5.69. The molecule has 116 valence electrons. The van der Waals surface area contributed by atoms with Crippen LogP contribution in [0.15, 0.2) is 17.9 Å². The quantitative estimate of drug-likeness (QED) is 0.673. The highest BCUT2D eigenvalue weighted by Crippen LogP contribution is 2.45. The third kappa shape index (κ3) is 2.25. The number of esters is 1. The highest BCUT2D eigenvalue weighted by Gasteiger charge is 2.49. The summed E-state index contributed by atoms with van der Waals surface area (Å²) in [6, 6.07) is 4.16. The van der Waals surface area contributed by atoms with Crippen LogP contribution in [0.4, 0.5) is 0 Å². The number of rotatable bonds is 2. The maximum absolute atomic E-state index is 12.5. The molecule has 0 bridgehead atoms. The predicted octanol–water partition coefficient (Wildman–Crippen LogP) is 2.34. The summed E-state index contributed by atoms with van der Waals surface area (Å²) in [6.45, 7) is 4.13. The largest absolute Gasteiger partial charge is 0.507 e. The first-order chi connectivity index (χ1) is 10.5. The number of ether oxygens (including phenoxy) is 1. The number of hydrogen-bond donors (Lipinski definition) is 1. The molecule has 1 spiro atoms. The predicted molar refractivity (Wildman–Crippen MR) is 90.2 cm³/mol. The van der Waals surface area contributed by atoms with Crippen LogP contribution in [0.2, 0.25) is 0 Å². The number of carbonyl (C=O) groups is 1. The molecule has 3 rings (SSSR count). The summed E-state index contributed by atoms with van der Waals surface area (Å²) >= 11 is 0. The summed E-state index contributed by atoms with van der Waals surface area (Å²) in [5.74, 6) is -0.195. The third-order valence-electron chi connectivity index (χ3n) is 5.01. The molecule has 0 atom stereocenters. The summed E-state index contributed by atoms with van der Waals surface area (Å²) in [7, 11) is 2.00. The average Bonchev–Trinajstić information content (AvgIpc) is 2.71. The van der Waals surface area contributed by atoms with E-state index in [2.05, 4.69) is 26.0 Å². The van der Waals surface area contributed by atoms with Crippen molar-refractivity contribution in [3.8, 4) is 0 Å². The van der Waals surface area contributed by atoms with E-state index in [0.717, 1.165) is 55.1 Å². The average molecular weight is 298 g/mol. The lowest BCUT2D eigenvalue weighted by molar-refractivity contribution is -0.149. The lowest BCUT2D eigenvalue weighted by Gasteiger charge is -2.31. The highest BCUT2D eigenvalue weighted by atomic mass is 16.6. The third-order valence-corrected chi connectivity index (χ3v) is 5.01. The lowest BCUT2D eigenvalue weighted by atomic mass is 9.78. The van der Waals surface area contributed by atoms with Crippen LogP contribution in [-0.2, 0) is 16.0 Å². The Hall–Kier alpha value is -1.71. The van der Waals surface area contributed by atoms with E-state index >= 15 is 0 Å². The van der Waals surface area contributed by atoms with Gasteiger partial charge in [0.1, 0.15) is 13.4 Å². The van der Waals surface area contributed by atoms with Crippen molar-refractivity contribution >= 4 is 24.9 Å². The molecule has 1 N–H and O–H groups in total. The van der Waals surface area contributed by atoms with Gasteiger partial charge in [0.15, 0.2) is 11.4 Å². The first-order valence-corrected chi connectivity index (χ1v) is 8.26. The van der Waals surface area contributed by atoms with Gasteiger partial charge in [-0.15, -0.1) is 0 Å². The zero-order valence-corrected chi connectivity index (χ0v) is 13.7. The monoisotopic (exact) mass is 298 g/mol. The molecule has 0 saturated heterocycles. The normalized spacial score (nSPS) is 20.5. The second kappa shape index (κ2) is 5.49. The van der Waals surface area contributed by atoms with Gasteiger partial charge < -0.3 is 9.84 Å². The van der Waals surface area contributed by atoms with Crippen LogP contribution in [0, 0.1) is 6.92 Å². The van der Waals surface area contributed by atoms with Crippen molar-refractivity contribution in [3.63, 3.8) is 0 Å². The van der Waals surface area contributed by atoms with E-state index in [1.54, 1.807) is 0 Å². The molecule has 1 aromatic carbocycles. The van der Waals surface area contributed by atoms with Gasteiger partial charge in [-0.25, -0.2) is 4.79 Å². The number of benzene rings is 1. The molecule has 0 radical (unpaired) electrons. The Balaban J connectivity index is 2.17. The van der Waals surface area contributed by atoms with Crippen molar-refractivity contribution in [3.05, 3.63) is 34.6 Å². The minimum Gasteiger partial charge on any atom is -0.507 e. The van der Waals surface area contributed by atoms with Crippen LogP contribution in [0.5, 0.6) is 0 Å². The Labute approximate surface area is 132 Å². The Morgan fingerprint density at radius 1 is 1.27 bits per heavy atom. The van der Waals surface area contributed by atoms with Crippen LogP contribution >= 0.6 is 0 Å². The molecule has 1 fully saturated rings. The molecule has 1 aliphatic carbocycles. The van der Waals surface area contributed by atoms with E-state index in [1.165, 1.54) is 5.56 Å². The molecular weight excluding hydrogens is 275 g/mol. The van der Waals surface area contributed by atoms with Gasteiger partial charge in [-0.3, -0.25) is 0 Å². The molecule has 1 aliphatic heterocycles. The number of aryl methyl sites for hydroxylation is 2. The van der Waals surface area contributed by atoms with Crippen LogP contribution in [-0.4, -0.2) is 24.5 Å². The molecule has 1 heterocycles. The molecule has 4 heteroatoms. The van der Waals surface area contributed by atoms with Crippen molar-refractivity contribution in [2.24, 2.45) is 0 Å². The first kappa shape index (κ1) is 15.2. The van der Waals surface area contributed by atoms with E-state index in [0.29, 0.717) is 5.57 Å². The fraction of sp³-hybridized carbons (Fsp3) is 0.500. The Kier molecular flexibility index (Phi) is 3.79. The maximum Gasteiger partial charge on any atom is 0.343 e. The van der Waals surface area contributed by atoms with Crippen LogP contribution in [0.1, 0.15) is 55.7 Å². The van der Waals surface area contributed by atoms with Gasteiger partial charge in [-0.2, -0.15) is 0 Å². The fourth-order valence-electron chi connectivity index (χ4n) is 3.98. The van der Waals surface area contributed by atoms with Gasteiger partial charge in [0, 0.05) is 0 Å². The van der Waals surface area contributed by atoms with Crippen LogP contribution < -0.4 is 5.46 Å². The van der Waals surface area contributed by atoms with Crippen molar-refractivity contribution < 1.29 is 14.6 Å². The molecule has 3 nitrogen and oxygen atoms in total. The minimum absolute atomic E-state index is 0.166. The number of hydrogen-bond acceptors (Lipinski definition) is 3. The zero-order chi connectivity index (χ0) is 15.9. The highest BCUT2D eigenvalue weighted by molar-refractivity contribution is 6.38. The fourth-order valence-corrected chi connectivity index (χ4v) is 3.98. The Morgan fingerprint density at radius 3 is 2.59 bits per heavy atom. The summed E-state index contributed by atoms with van der Waals surface area (Å²) in [5, 5.41) is 10.8. The number of aliphatic hydroxyl groups is 1. The Morgan fingerprint density at radius 2 is 1.95 bits per heavy atom. The van der Waals surface area contributed by atoms with Gasteiger partial charge in [-0.05, 0) is 50.2 Å². The SMILES string of the molecule is Bc1cc(C)cc(CC)c1C1=C(O)C2(CCCCC2)OC1=O. The van der Waals surface area contributed by atoms with E-state index in [9.17, 15) is 9.90 Å². The van der Waals surface area contributed by atoms with Gasteiger partial charge in [0.2, 0.25) is 0 Å². The van der Waals surface area contributed by atoms with Crippen molar-refractivity contribution in [1.29, 1.82) is 0 Å². The summed E-state index contributed by atoms with van der Waals surface area (Å²) in [4.78, 5) is 12.5. The molecule has 22 heavy (non-hydrogen) atoms. The Bertz CT molecular complexity index is 655. The van der Waals surface area contributed by atoms with E-state index < -0.39 is 5.60 Å². The molecule has 1 aromatic rings. The molecule has 2 aliphatic rings. The van der Waals surface area contributed by atoms with Crippen molar-refractivity contribution in [2.45, 2.75) is 58.0 Å². The standard InChI is InChI=1S/C18H23BO3/c1-3-12-9-11(2)10-13(19)14(12)15-16(20)18(22-17(15)21)7-5-4-6-8-18/h9-10,20H,3-8,19H2,1-2H3. The van der Waals surface area contributed by atoms with Crippen LogP contribution in [0.25, 0.3) is 5.57 Å². The topological polar surface area (TPSA) is 46.5 Å². The number of carbonyl (C=O) groups excluding carboxylic acids is 1. The van der Waals surface area contributed by atoms with Gasteiger partial charge in [-0.1, -0.05) is 36.5 Å². The number of aliphatic hydroxyl groups excluding tert-OH is 1. The van der Waals surface area contributed by atoms with Gasteiger partial charge in [0.25, 0.3) is 0 Å².